The summed E-state index contributed by atoms with van der Waals surface area (Å²) in [5.74, 6) is 1.58. The molecule has 1 unspecified atom stereocenters. The maximum atomic E-state index is 3.77. The van der Waals surface area contributed by atoms with Crippen molar-refractivity contribution >= 4 is 0 Å². The van der Waals surface area contributed by atoms with Crippen LogP contribution in [0.1, 0.15) is 46.5 Å². The van der Waals surface area contributed by atoms with Gasteiger partial charge in [0.15, 0.2) is 0 Å². The van der Waals surface area contributed by atoms with Gasteiger partial charge in [0.05, 0.1) is 0 Å². The summed E-state index contributed by atoms with van der Waals surface area (Å²) in [5, 5.41) is 0. The molecule has 0 aromatic heterocycles. The Morgan fingerprint density at radius 1 is 1.09 bits per heavy atom. The van der Waals surface area contributed by atoms with Crippen molar-refractivity contribution < 1.29 is 0 Å². The molecule has 11 heavy (non-hydrogen) atoms. The minimum atomic E-state index is 0.710. The Morgan fingerprint density at radius 3 is 2.09 bits per heavy atom. The smallest absolute Gasteiger partial charge is 0.0265 e. The second kappa shape index (κ2) is 6.45. The maximum Gasteiger partial charge on any atom is -0.0265 e. The van der Waals surface area contributed by atoms with Gasteiger partial charge in [-0.15, -0.1) is 6.58 Å². The highest BCUT2D eigenvalue weighted by Gasteiger charge is 1.97. The molecule has 0 aliphatic rings. The average Bonchev–Trinajstić information content (AvgIpc) is 1.97. The van der Waals surface area contributed by atoms with E-state index in [9.17, 15) is 0 Å². The molecule has 0 heterocycles. The lowest BCUT2D eigenvalue weighted by Crippen LogP contribution is -1.91. The van der Waals surface area contributed by atoms with Crippen molar-refractivity contribution in [3.63, 3.8) is 0 Å². The van der Waals surface area contributed by atoms with Crippen molar-refractivity contribution in [3.8, 4) is 0 Å². The highest BCUT2D eigenvalue weighted by molar-refractivity contribution is 4.74. The Balaban J connectivity index is 3.07. The molecule has 0 bridgehead atoms. The zero-order chi connectivity index (χ0) is 8.69. The van der Waals surface area contributed by atoms with E-state index >= 15 is 0 Å². The number of unbranched alkanes of at least 4 members (excludes halogenated alkanes) is 1. The molecule has 0 N–H and O–H groups in total. The number of hydrogen-bond acceptors (Lipinski definition) is 0. The van der Waals surface area contributed by atoms with Crippen LogP contribution in [0.3, 0.4) is 0 Å². The predicted octanol–water partition coefficient (Wildman–Crippen LogP) is 4.02. The molecule has 1 atom stereocenters. The largest absolute Gasteiger partial charge is 0.103 e. The van der Waals surface area contributed by atoms with E-state index in [1.165, 1.54) is 25.7 Å². The Morgan fingerprint density at radius 2 is 1.64 bits per heavy atom. The van der Waals surface area contributed by atoms with Gasteiger partial charge in [0, 0.05) is 0 Å². The fourth-order valence-electron chi connectivity index (χ4n) is 1.14. The Kier molecular flexibility index (Phi) is 6.30. The van der Waals surface area contributed by atoms with Gasteiger partial charge >= 0.3 is 0 Å². The van der Waals surface area contributed by atoms with Crippen LogP contribution in [0.15, 0.2) is 12.7 Å². The van der Waals surface area contributed by atoms with Gasteiger partial charge in [0.1, 0.15) is 0 Å². The number of rotatable bonds is 6. The van der Waals surface area contributed by atoms with Crippen LogP contribution in [-0.2, 0) is 0 Å². The monoisotopic (exact) mass is 154 g/mol. The van der Waals surface area contributed by atoms with Crippen LogP contribution in [0.2, 0.25) is 0 Å². The van der Waals surface area contributed by atoms with E-state index in [0.717, 1.165) is 5.92 Å². The lowest BCUT2D eigenvalue weighted by atomic mass is 10.0. The molecular weight excluding hydrogens is 132 g/mol. The second-order valence-electron chi connectivity index (χ2n) is 3.89. The molecule has 0 aromatic carbocycles. The first-order valence-electron chi connectivity index (χ1n) is 4.79. The Hall–Kier alpha value is -0.260. The van der Waals surface area contributed by atoms with Gasteiger partial charge in [-0.3, -0.25) is 0 Å². The molecule has 0 nitrogen and oxygen atoms in total. The lowest BCUT2D eigenvalue weighted by Gasteiger charge is -2.06. The van der Waals surface area contributed by atoms with Gasteiger partial charge in [-0.1, -0.05) is 46.1 Å². The van der Waals surface area contributed by atoms with Crippen molar-refractivity contribution in [3.05, 3.63) is 12.7 Å². The fraction of sp³-hybridized carbons (Fsp3) is 0.818. The first-order valence-corrected chi connectivity index (χ1v) is 4.79. The van der Waals surface area contributed by atoms with Crippen LogP contribution in [0.25, 0.3) is 0 Å². The topological polar surface area (TPSA) is 0 Å². The molecule has 0 amide bonds. The molecule has 0 fully saturated rings. The van der Waals surface area contributed by atoms with Gasteiger partial charge < -0.3 is 0 Å². The molecule has 0 aromatic rings. The molecule has 0 aliphatic carbocycles. The molecule has 0 rings (SSSR count). The normalized spacial score (nSPS) is 13.5. The summed E-state index contributed by atoms with van der Waals surface area (Å²) in [7, 11) is 0. The van der Waals surface area contributed by atoms with Crippen molar-refractivity contribution in [2.24, 2.45) is 11.8 Å². The average molecular weight is 154 g/mol. The first kappa shape index (κ1) is 10.7. The standard InChI is InChI=1S/C11H22/c1-5-11(4)9-7-6-8-10(2)3/h5,10-11H,1,6-9H2,2-4H3. The van der Waals surface area contributed by atoms with Crippen molar-refractivity contribution in [2.45, 2.75) is 46.5 Å². The van der Waals surface area contributed by atoms with Crippen LogP contribution < -0.4 is 0 Å². The third-order valence-electron chi connectivity index (χ3n) is 2.09. The van der Waals surface area contributed by atoms with Gasteiger partial charge in [0.25, 0.3) is 0 Å². The lowest BCUT2D eigenvalue weighted by molar-refractivity contribution is 0.501. The highest BCUT2D eigenvalue weighted by atomic mass is 14.0. The minimum absolute atomic E-state index is 0.710. The fourth-order valence-corrected chi connectivity index (χ4v) is 1.14. The van der Waals surface area contributed by atoms with Crippen molar-refractivity contribution in [1.29, 1.82) is 0 Å². The van der Waals surface area contributed by atoms with E-state index in [1.807, 2.05) is 0 Å². The van der Waals surface area contributed by atoms with Gasteiger partial charge in [-0.2, -0.15) is 0 Å². The van der Waals surface area contributed by atoms with Gasteiger partial charge in [-0.05, 0) is 18.3 Å². The molecule has 0 radical (unpaired) electrons. The predicted molar refractivity (Wildman–Crippen MR) is 52.7 cm³/mol. The zero-order valence-corrected chi connectivity index (χ0v) is 8.27. The van der Waals surface area contributed by atoms with Crippen LogP contribution in [0.4, 0.5) is 0 Å². The molecule has 0 aliphatic heterocycles. The molecular formula is C11H22. The van der Waals surface area contributed by atoms with Crippen LogP contribution in [-0.4, -0.2) is 0 Å². The van der Waals surface area contributed by atoms with E-state index < -0.39 is 0 Å². The van der Waals surface area contributed by atoms with Gasteiger partial charge in [0.2, 0.25) is 0 Å². The Labute approximate surface area is 71.7 Å². The highest BCUT2D eigenvalue weighted by Crippen LogP contribution is 2.12. The van der Waals surface area contributed by atoms with Crippen LogP contribution >= 0.6 is 0 Å². The SMILES string of the molecule is C=CC(C)CCCCC(C)C. The minimum Gasteiger partial charge on any atom is -0.103 e. The van der Waals surface area contributed by atoms with Crippen molar-refractivity contribution in [1.82, 2.24) is 0 Å². The van der Waals surface area contributed by atoms with E-state index in [1.54, 1.807) is 0 Å². The van der Waals surface area contributed by atoms with Crippen LogP contribution in [0, 0.1) is 11.8 Å². The van der Waals surface area contributed by atoms with Crippen LogP contribution in [0.5, 0.6) is 0 Å². The summed E-state index contributed by atoms with van der Waals surface area (Å²) in [6.07, 6.45) is 7.50. The van der Waals surface area contributed by atoms with E-state index in [4.69, 9.17) is 0 Å². The van der Waals surface area contributed by atoms with E-state index in [-0.39, 0.29) is 0 Å². The molecule has 0 saturated heterocycles. The first-order chi connectivity index (χ1) is 5.16. The summed E-state index contributed by atoms with van der Waals surface area (Å²) in [6, 6.07) is 0. The molecule has 66 valence electrons. The third-order valence-corrected chi connectivity index (χ3v) is 2.09. The summed E-state index contributed by atoms with van der Waals surface area (Å²) in [6.45, 7) is 10.6. The van der Waals surface area contributed by atoms with Gasteiger partial charge in [-0.25, -0.2) is 0 Å². The zero-order valence-electron chi connectivity index (χ0n) is 8.27. The molecule has 0 saturated carbocycles. The number of allylic oxidation sites excluding steroid dienone is 1. The summed E-state index contributed by atoms with van der Waals surface area (Å²) >= 11 is 0. The number of hydrogen-bond donors (Lipinski definition) is 0. The summed E-state index contributed by atoms with van der Waals surface area (Å²) in [5.41, 5.74) is 0. The Bertz CT molecular complexity index is 92.2. The quantitative estimate of drug-likeness (QED) is 0.400. The molecule has 0 heteroatoms. The molecule has 0 spiro atoms. The summed E-state index contributed by atoms with van der Waals surface area (Å²) in [4.78, 5) is 0. The summed E-state index contributed by atoms with van der Waals surface area (Å²) < 4.78 is 0. The second-order valence-corrected chi connectivity index (χ2v) is 3.89. The van der Waals surface area contributed by atoms with E-state index in [0.29, 0.717) is 5.92 Å². The van der Waals surface area contributed by atoms with E-state index in [2.05, 4.69) is 33.4 Å². The third kappa shape index (κ3) is 7.64. The van der Waals surface area contributed by atoms with Crippen molar-refractivity contribution in [2.75, 3.05) is 0 Å². The maximum absolute atomic E-state index is 3.77.